The zero-order valence-electron chi connectivity index (χ0n) is 38.3. The summed E-state index contributed by atoms with van der Waals surface area (Å²) in [5.74, 6) is -0.787. The van der Waals surface area contributed by atoms with Crippen molar-refractivity contribution in [2.45, 2.75) is 282 Å². The Bertz CT molecular complexity index is 932. The molecule has 0 aromatic rings. The molecule has 0 amide bonds. The molecule has 0 radical (unpaired) electrons. The second-order valence-corrected chi connectivity index (χ2v) is 17.6. The van der Waals surface area contributed by atoms with E-state index in [0.717, 1.165) is 38.5 Å². The van der Waals surface area contributed by atoms with Crippen LogP contribution in [0.2, 0.25) is 0 Å². The van der Waals surface area contributed by atoms with E-state index in [4.69, 9.17) is 18.9 Å². The third-order valence-electron chi connectivity index (χ3n) is 12.0. The summed E-state index contributed by atoms with van der Waals surface area (Å²) in [7, 11) is 0. The van der Waals surface area contributed by atoms with Gasteiger partial charge in [0.1, 0.15) is 31.0 Å². The van der Waals surface area contributed by atoms with Gasteiger partial charge >= 0.3 is 11.9 Å². The van der Waals surface area contributed by atoms with Crippen LogP contribution in [0.3, 0.4) is 0 Å². The topological polar surface area (TPSA) is 152 Å². The van der Waals surface area contributed by atoms with E-state index in [9.17, 15) is 30.0 Å². The van der Waals surface area contributed by atoms with E-state index in [-0.39, 0.29) is 32.0 Å². The van der Waals surface area contributed by atoms with Gasteiger partial charge in [0.15, 0.2) is 12.4 Å². The molecule has 0 aromatic carbocycles. The Balaban J connectivity index is 2.25. The number of unbranched alkanes of at least 4 members (excludes halogenated alkanes) is 32. The number of aliphatic hydroxyl groups is 4. The van der Waals surface area contributed by atoms with Crippen molar-refractivity contribution < 1.29 is 49.0 Å². The summed E-state index contributed by atoms with van der Waals surface area (Å²) in [4.78, 5) is 25.4. The van der Waals surface area contributed by atoms with Gasteiger partial charge in [-0.05, 0) is 12.8 Å². The third kappa shape index (κ3) is 32.1. The van der Waals surface area contributed by atoms with Crippen molar-refractivity contribution in [2.75, 3.05) is 19.8 Å². The summed E-state index contributed by atoms with van der Waals surface area (Å²) >= 11 is 0. The minimum absolute atomic E-state index is 0.208. The fourth-order valence-corrected chi connectivity index (χ4v) is 8.01. The van der Waals surface area contributed by atoms with Gasteiger partial charge in [-0.25, -0.2) is 0 Å². The van der Waals surface area contributed by atoms with Crippen LogP contribution in [0.1, 0.15) is 245 Å². The fourth-order valence-electron chi connectivity index (χ4n) is 8.01. The zero-order chi connectivity index (χ0) is 43.0. The predicted molar refractivity (Wildman–Crippen MR) is 238 cm³/mol. The summed E-state index contributed by atoms with van der Waals surface area (Å²) in [5, 5.41) is 40.2. The van der Waals surface area contributed by atoms with E-state index < -0.39 is 49.4 Å². The number of aliphatic hydroxyl groups excluding tert-OH is 4. The average Bonchev–Trinajstić information content (AvgIpc) is 3.23. The Morgan fingerprint density at radius 1 is 0.458 bits per heavy atom. The van der Waals surface area contributed by atoms with Gasteiger partial charge in [0.05, 0.1) is 13.2 Å². The molecule has 0 aliphatic carbocycles. The van der Waals surface area contributed by atoms with Crippen molar-refractivity contribution in [1.82, 2.24) is 0 Å². The van der Waals surface area contributed by atoms with Crippen LogP contribution in [0.4, 0.5) is 0 Å². The van der Waals surface area contributed by atoms with Gasteiger partial charge in [-0.1, -0.05) is 219 Å². The highest BCUT2D eigenvalue weighted by molar-refractivity contribution is 5.70. The molecule has 0 saturated carbocycles. The van der Waals surface area contributed by atoms with Gasteiger partial charge < -0.3 is 39.4 Å². The van der Waals surface area contributed by atoms with Crippen molar-refractivity contribution >= 4 is 11.9 Å². The van der Waals surface area contributed by atoms with E-state index in [1.165, 1.54) is 173 Å². The van der Waals surface area contributed by atoms with E-state index in [2.05, 4.69) is 13.8 Å². The first-order valence-corrected chi connectivity index (χ1v) is 25.1. The highest BCUT2D eigenvalue weighted by Crippen LogP contribution is 2.23. The first-order valence-electron chi connectivity index (χ1n) is 25.1. The molecule has 4 N–H and O–H groups in total. The number of hydrogen-bond acceptors (Lipinski definition) is 10. The van der Waals surface area contributed by atoms with Crippen LogP contribution in [-0.2, 0) is 28.5 Å². The second kappa shape index (κ2) is 40.8. The van der Waals surface area contributed by atoms with Crippen LogP contribution in [0.25, 0.3) is 0 Å². The monoisotopic (exact) mass is 843 g/mol. The second-order valence-electron chi connectivity index (χ2n) is 17.6. The average molecular weight is 843 g/mol. The lowest BCUT2D eigenvalue weighted by Crippen LogP contribution is -2.59. The quantitative estimate of drug-likeness (QED) is 0.0345. The lowest BCUT2D eigenvalue weighted by Gasteiger charge is -2.39. The highest BCUT2D eigenvalue weighted by atomic mass is 16.7. The van der Waals surface area contributed by atoms with Crippen LogP contribution in [0.15, 0.2) is 0 Å². The highest BCUT2D eigenvalue weighted by Gasteiger charge is 2.44. The normalized spacial score (nSPS) is 19.9. The molecule has 0 spiro atoms. The summed E-state index contributed by atoms with van der Waals surface area (Å²) < 4.78 is 22.2. The van der Waals surface area contributed by atoms with E-state index in [1.807, 2.05) is 0 Å². The maximum Gasteiger partial charge on any atom is 0.306 e. The number of ether oxygens (including phenoxy) is 4. The molecule has 350 valence electrons. The summed E-state index contributed by atoms with van der Waals surface area (Å²) in [6, 6.07) is 0. The molecule has 1 fully saturated rings. The first-order chi connectivity index (χ1) is 28.8. The number of hydrogen-bond donors (Lipinski definition) is 4. The minimum Gasteiger partial charge on any atom is -0.462 e. The van der Waals surface area contributed by atoms with Gasteiger partial charge in [-0.3, -0.25) is 9.59 Å². The maximum atomic E-state index is 12.8. The Morgan fingerprint density at radius 2 is 0.797 bits per heavy atom. The number of carbonyl (C=O) groups is 2. The molecule has 10 heteroatoms. The van der Waals surface area contributed by atoms with Crippen molar-refractivity contribution in [1.29, 1.82) is 0 Å². The van der Waals surface area contributed by atoms with Crippen molar-refractivity contribution in [3.8, 4) is 0 Å². The largest absolute Gasteiger partial charge is 0.462 e. The Morgan fingerprint density at radius 3 is 1.15 bits per heavy atom. The number of rotatable bonds is 43. The summed E-state index contributed by atoms with van der Waals surface area (Å²) in [6.45, 7) is 3.47. The zero-order valence-corrected chi connectivity index (χ0v) is 38.3. The standard InChI is InChI=1S/C49H94O10/c1-3-5-7-9-11-13-15-17-19-20-21-22-24-26-28-30-32-34-36-38-45(52)58-42(41-57-49-48(55)47(54)46(53)43(39-50)59-49)40-56-44(51)37-35-33-31-29-27-25-23-18-16-14-12-10-8-6-4-2/h42-43,46-50,53-55H,3-41H2,1-2H3/t42-,43-,46+,47?,48?,49-/m1/s1. The van der Waals surface area contributed by atoms with E-state index in [0.29, 0.717) is 6.42 Å². The van der Waals surface area contributed by atoms with Crippen LogP contribution in [-0.4, -0.2) is 89.0 Å². The van der Waals surface area contributed by atoms with Crippen molar-refractivity contribution in [3.63, 3.8) is 0 Å². The molecule has 1 aliphatic heterocycles. The van der Waals surface area contributed by atoms with Crippen LogP contribution >= 0.6 is 0 Å². The van der Waals surface area contributed by atoms with Gasteiger partial charge in [-0.15, -0.1) is 0 Å². The first kappa shape index (κ1) is 55.7. The number of carbonyl (C=O) groups excluding carboxylic acids is 2. The number of esters is 2. The molecule has 59 heavy (non-hydrogen) atoms. The predicted octanol–water partition coefficient (Wildman–Crippen LogP) is 11.3. The molecule has 1 saturated heterocycles. The molecule has 0 aromatic heterocycles. The van der Waals surface area contributed by atoms with Gasteiger partial charge in [0, 0.05) is 12.8 Å². The smallest absolute Gasteiger partial charge is 0.306 e. The fraction of sp³-hybridized carbons (Fsp3) is 0.959. The summed E-state index contributed by atoms with van der Waals surface area (Å²) in [6.07, 6.45) is 35.4. The van der Waals surface area contributed by atoms with Crippen LogP contribution in [0.5, 0.6) is 0 Å². The maximum absolute atomic E-state index is 12.8. The lowest BCUT2D eigenvalue weighted by molar-refractivity contribution is -0.305. The molecule has 0 bridgehead atoms. The van der Waals surface area contributed by atoms with Gasteiger partial charge in [-0.2, -0.15) is 0 Å². The lowest BCUT2D eigenvalue weighted by atomic mass is 9.99. The molecule has 10 nitrogen and oxygen atoms in total. The molecule has 1 rings (SSSR count). The molecule has 2 unspecified atom stereocenters. The van der Waals surface area contributed by atoms with Crippen LogP contribution < -0.4 is 0 Å². The van der Waals surface area contributed by atoms with Crippen LogP contribution in [0, 0.1) is 0 Å². The SMILES string of the molecule is CCCCCCCCCCCCCCCCCCCCCC(=O)O[C@H](COC(=O)CCCCCCCCCCCCCCCCC)CO[C@@H]1O[C@H](CO)[C@H](O)C(O)C1O. The van der Waals surface area contributed by atoms with Gasteiger partial charge in [0.25, 0.3) is 0 Å². The molecule has 1 heterocycles. The Labute approximate surface area is 361 Å². The van der Waals surface area contributed by atoms with E-state index >= 15 is 0 Å². The van der Waals surface area contributed by atoms with E-state index in [1.54, 1.807) is 0 Å². The third-order valence-corrected chi connectivity index (χ3v) is 12.0. The van der Waals surface area contributed by atoms with Crippen molar-refractivity contribution in [3.05, 3.63) is 0 Å². The molecule has 1 aliphatic rings. The molecular weight excluding hydrogens is 749 g/mol. The van der Waals surface area contributed by atoms with Crippen molar-refractivity contribution in [2.24, 2.45) is 0 Å². The summed E-state index contributed by atoms with van der Waals surface area (Å²) in [5.41, 5.74) is 0. The Kier molecular flexibility index (Phi) is 38.5. The molecule has 6 atom stereocenters. The minimum atomic E-state index is -1.59. The van der Waals surface area contributed by atoms with Gasteiger partial charge in [0.2, 0.25) is 0 Å². The molecular formula is C49H94O10. The Hall–Kier alpha value is -1.30.